The first kappa shape index (κ1) is 22.6. The first-order valence-electron chi connectivity index (χ1n) is 10.8. The number of fused-ring (bicyclic) bond motifs is 1. The highest BCUT2D eigenvalue weighted by atomic mass is 127. The molecule has 3 aliphatic heterocycles. The van der Waals surface area contributed by atoms with Crippen molar-refractivity contribution in [3.8, 4) is 0 Å². The Kier molecular flexibility index (Phi) is 6.92. The molecule has 7 nitrogen and oxygen atoms in total. The Balaban J connectivity index is 1.40. The second kappa shape index (κ2) is 9.50. The van der Waals surface area contributed by atoms with Crippen molar-refractivity contribution in [3.05, 3.63) is 35.0 Å². The first-order chi connectivity index (χ1) is 14.9. The van der Waals surface area contributed by atoms with E-state index < -0.39 is 4.36 Å². The van der Waals surface area contributed by atoms with E-state index in [1.54, 1.807) is 22.6 Å². The van der Waals surface area contributed by atoms with E-state index in [1.807, 2.05) is 26.4 Å². The molecular weight excluding hydrogens is 512 g/mol. The van der Waals surface area contributed by atoms with Gasteiger partial charge < -0.3 is 20.2 Å². The lowest BCUT2D eigenvalue weighted by atomic mass is 10.0. The van der Waals surface area contributed by atoms with Gasteiger partial charge in [-0.25, -0.2) is 0 Å². The van der Waals surface area contributed by atoms with Crippen LogP contribution in [-0.4, -0.2) is 60.4 Å². The van der Waals surface area contributed by atoms with Crippen molar-refractivity contribution in [2.24, 2.45) is 21.9 Å². The zero-order chi connectivity index (χ0) is 22.0. The third-order valence-electron chi connectivity index (χ3n) is 6.12. The molecule has 2 fully saturated rings. The van der Waals surface area contributed by atoms with Crippen molar-refractivity contribution in [3.63, 3.8) is 0 Å². The van der Waals surface area contributed by atoms with Gasteiger partial charge in [0.05, 0.1) is 18.4 Å². The highest BCUT2D eigenvalue weighted by molar-refractivity contribution is 14.1. The van der Waals surface area contributed by atoms with Crippen molar-refractivity contribution >= 4 is 40.2 Å². The number of hydrogen-bond donors (Lipinski definition) is 2. The van der Waals surface area contributed by atoms with Crippen molar-refractivity contribution in [1.82, 2.24) is 5.32 Å². The van der Waals surface area contributed by atoms with E-state index in [2.05, 4.69) is 15.4 Å². The molecule has 4 aliphatic rings. The normalized spacial score (nSPS) is 33.5. The molecule has 0 radical (unpaired) electrons. The Labute approximate surface area is 196 Å². The molecule has 4 rings (SSSR count). The summed E-state index contributed by atoms with van der Waals surface area (Å²) in [6, 6.07) is 0. The van der Waals surface area contributed by atoms with Crippen molar-refractivity contribution in [2.45, 2.75) is 36.5 Å². The van der Waals surface area contributed by atoms with Gasteiger partial charge >= 0.3 is 5.88 Å². The summed E-state index contributed by atoms with van der Waals surface area (Å²) in [4.78, 5) is 4.64. The maximum atomic E-state index is 13.3. The van der Waals surface area contributed by atoms with Gasteiger partial charge in [-0.2, -0.15) is 4.39 Å². The summed E-state index contributed by atoms with van der Waals surface area (Å²) in [5, 5.41) is 16.1. The Hall–Kier alpha value is -1.59. The van der Waals surface area contributed by atoms with Crippen molar-refractivity contribution < 1.29 is 18.5 Å². The number of hydrogen-bond acceptors (Lipinski definition) is 6. The maximum absolute atomic E-state index is 13.3. The van der Waals surface area contributed by atoms with Crippen LogP contribution in [0.4, 0.5) is 4.39 Å². The molecule has 3 heterocycles. The molecule has 2 unspecified atom stereocenters. The molecule has 0 aromatic rings. The predicted octanol–water partition coefficient (Wildman–Crippen LogP) is 4.04. The van der Waals surface area contributed by atoms with E-state index in [-0.39, 0.29) is 4.59 Å². The smallest absolute Gasteiger partial charge is 0.323 e. The molecule has 31 heavy (non-hydrogen) atoms. The number of rotatable bonds is 9. The number of nitrogens with one attached hydrogen (secondary N) is 2. The quantitative estimate of drug-likeness (QED) is 0.200. The van der Waals surface area contributed by atoms with E-state index in [0.29, 0.717) is 23.4 Å². The number of quaternary nitrogens is 1. The highest BCUT2D eigenvalue weighted by Gasteiger charge is 2.37. The van der Waals surface area contributed by atoms with Crippen LogP contribution in [0.15, 0.2) is 45.1 Å². The molecule has 0 amide bonds. The molecule has 168 valence electrons. The number of allylic oxidation sites excluding steroid dienone is 4. The summed E-state index contributed by atoms with van der Waals surface area (Å²) < 4.78 is 22.8. The number of nitrogens with zero attached hydrogens (tertiary/aromatic N) is 3. The second-order valence-electron chi connectivity index (χ2n) is 8.91. The molecule has 3 atom stereocenters. The van der Waals surface area contributed by atoms with E-state index in [4.69, 9.17) is 14.9 Å². The van der Waals surface area contributed by atoms with Crippen molar-refractivity contribution in [1.29, 1.82) is 5.41 Å². The van der Waals surface area contributed by atoms with Crippen LogP contribution in [0.5, 0.6) is 0 Å². The number of alkyl halides is 2. The summed E-state index contributed by atoms with van der Waals surface area (Å²) in [7, 11) is 3.75. The van der Waals surface area contributed by atoms with Gasteiger partial charge in [-0.1, -0.05) is 10.7 Å². The fourth-order valence-electron chi connectivity index (χ4n) is 4.30. The molecule has 1 aliphatic carbocycles. The van der Waals surface area contributed by atoms with Gasteiger partial charge in [-0.3, -0.25) is 4.99 Å². The minimum atomic E-state index is -1.39. The standard InChI is InChI=1S/C22H30FIN5O2/c1-29(2)20(31-22(23)24)9-17(28-29)4-3-14-7-16-8-18(16)21(19(10-25)26-11-14)27-12-15-5-6-30-13-15/h9-11,15-16,22,25,27H,3-8,12-13H2,1-2H3/q+1/b14-11-,21-18-,25-10?,26-19-/t15-,16?,22?/m1/s1. The van der Waals surface area contributed by atoms with Gasteiger partial charge in [0, 0.05) is 54.1 Å². The Morgan fingerprint density at radius 2 is 2.26 bits per heavy atom. The fraction of sp³-hybridized carbons (Fsp3) is 0.591. The fourth-order valence-corrected chi connectivity index (χ4v) is 4.56. The van der Waals surface area contributed by atoms with Crippen LogP contribution in [-0.2, 0) is 9.47 Å². The number of aliphatic imine (C=N–C) groups is 1. The lowest BCUT2D eigenvalue weighted by Crippen LogP contribution is -2.31. The monoisotopic (exact) mass is 542 g/mol. The lowest BCUT2D eigenvalue weighted by Gasteiger charge is -2.20. The van der Waals surface area contributed by atoms with Crippen LogP contribution in [0.25, 0.3) is 0 Å². The van der Waals surface area contributed by atoms with E-state index in [9.17, 15) is 4.39 Å². The minimum absolute atomic E-state index is 0.171. The third kappa shape index (κ3) is 5.61. The Morgan fingerprint density at radius 1 is 1.42 bits per heavy atom. The Bertz CT molecular complexity index is 884. The third-order valence-corrected chi connectivity index (χ3v) is 6.37. The SMILES string of the molecule is C[N+]1(C)N=C(CC/C2=C/N=C(C=N)\C(NC[C@H]3CCOC3)=C3/CC3C2)C=C1OC(F)I. The van der Waals surface area contributed by atoms with Crippen LogP contribution in [0.1, 0.15) is 32.1 Å². The first-order valence-corrected chi connectivity index (χ1v) is 12.0. The molecule has 0 bridgehead atoms. The van der Waals surface area contributed by atoms with Gasteiger partial charge in [-0.15, -0.1) is 4.59 Å². The number of ether oxygens (including phenoxy) is 2. The predicted molar refractivity (Wildman–Crippen MR) is 128 cm³/mol. The molecule has 2 N–H and O–H groups in total. The molecule has 0 aromatic heterocycles. The zero-order valence-electron chi connectivity index (χ0n) is 18.0. The highest BCUT2D eigenvalue weighted by Crippen LogP contribution is 2.46. The summed E-state index contributed by atoms with van der Waals surface area (Å²) in [5.41, 5.74) is 5.30. The number of halogens is 2. The van der Waals surface area contributed by atoms with E-state index >= 15 is 0 Å². The van der Waals surface area contributed by atoms with Crippen LogP contribution < -0.4 is 5.32 Å². The van der Waals surface area contributed by atoms with E-state index in [1.165, 1.54) is 17.4 Å². The molecule has 0 spiro atoms. The summed E-state index contributed by atoms with van der Waals surface area (Å²) >= 11 is 1.60. The molecule has 1 saturated heterocycles. The van der Waals surface area contributed by atoms with Crippen molar-refractivity contribution in [2.75, 3.05) is 33.9 Å². The minimum Gasteiger partial charge on any atom is -0.406 e. The van der Waals surface area contributed by atoms with Gasteiger partial charge in [0.1, 0.15) is 25.5 Å². The van der Waals surface area contributed by atoms with Crippen LogP contribution >= 0.6 is 22.6 Å². The lowest BCUT2D eigenvalue weighted by molar-refractivity contribution is -0.872. The van der Waals surface area contributed by atoms with Gasteiger partial charge in [0.2, 0.25) is 0 Å². The molecule has 0 aromatic carbocycles. The topological polar surface area (TPSA) is 79.1 Å². The molecular formula is C22H30FIN5O2+. The Morgan fingerprint density at radius 3 is 2.97 bits per heavy atom. The van der Waals surface area contributed by atoms with Crippen LogP contribution in [0.2, 0.25) is 0 Å². The van der Waals surface area contributed by atoms with Gasteiger partial charge in [-0.05, 0) is 43.6 Å². The van der Waals surface area contributed by atoms with Gasteiger partial charge in [0.25, 0.3) is 4.36 Å². The summed E-state index contributed by atoms with van der Waals surface area (Å²) in [6.07, 6.45) is 9.85. The average Bonchev–Trinajstić information content (AvgIpc) is 3.11. The van der Waals surface area contributed by atoms with E-state index in [0.717, 1.165) is 63.3 Å². The molecule has 9 heteroatoms. The zero-order valence-corrected chi connectivity index (χ0v) is 20.2. The molecule has 1 saturated carbocycles. The van der Waals surface area contributed by atoms with Crippen LogP contribution in [0, 0.1) is 17.2 Å². The average molecular weight is 542 g/mol. The van der Waals surface area contributed by atoms with Crippen LogP contribution in [0.3, 0.4) is 0 Å². The maximum Gasteiger partial charge on any atom is 0.323 e. The largest absolute Gasteiger partial charge is 0.406 e. The second-order valence-corrected chi connectivity index (χ2v) is 9.89. The summed E-state index contributed by atoms with van der Waals surface area (Å²) in [5.74, 6) is 1.58. The van der Waals surface area contributed by atoms with Gasteiger partial charge in [0.15, 0.2) is 0 Å². The summed E-state index contributed by atoms with van der Waals surface area (Å²) in [6.45, 7) is 2.52.